The van der Waals surface area contributed by atoms with Gasteiger partial charge in [-0.05, 0) is 28.1 Å². The van der Waals surface area contributed by atoms with Crippen LogP contribution in [0, 0.1) is 5.82 Å². The maximum Gasteiger partial charge on any atom is 0.404 e. The van der Waals surface area contributed by atoms with E-state index in [4.69, 9.17) is 5.73 Å². The van der Waals surface area contributed by atoms with E-state index in [1.807, 2.05) is 0 Å². The lowest BCUT2D eigenvalue weighted by Gasteiger charge is -2.07. The van der Waals surface area contributed by atoms with E-state index in [-0.39, 0.29) is 18.7 Å². The van der Waals surface area contributed by atoms with Crippen LogP contribution in [0.4, 0.5) is 9.18 Å². The van der Waals surface area contributed by atoms with Crippen LogP contribution in [0.15, 0.2) is 22.7 Å². The highest BCUT2D eigenvalue weighted by atomic mass is 79.9. The summed E-state index contributed by atoms with van der Waals surface area (Å²) in [6.45, 7) is -0.00427. The molecule has 0 aliphatic heterocycles. The van der Waals surface area contributed by atoms with Gasteiger partial charge in [0.25, 0.3) is 5.91 Å². The first kappa shape index (κ1) is 13.4. The highest BCUT2D eigenvalue weighted by Crippen LogP contribution is 2.19. The predicted octanol–water partition coefficient (Wildman–Crippen LogP) is 1.41. The topological polar surface area (TPSA) is 81.4 Å². The molecule has 2 amide bonds. The number of nitrogens with two attached hydrogens (primary N) is 1. The Morgan fingerprint density at radius 3 is 2.76 bits per heavy atom. The number of hydrogen-bond acceptors (Lipinski definition) is 3. The molecule has 17 heavy (non-hydrogen) atoms. The normalized spacial score (nSPS) is 9.76. The molecule has 5 nitrogen and oxygen atoms in total. The van der Waals surface area contributed by atoms with Crippen molar-refractivity contribution in [1.29, 1.82) is 0 Å². The minimum absolute atomic E-state index is 0.0581. The van der Waals surface area contributed by atoms with Crippen molar-refractivity contribution in [3.63, 3.8) is 0 Å². The molecule has 92 valence electrons. The average Bonchev–Trinajstić information content (AvgIpc) is 2.24. The third kappa shape index (κ3) is 4.03. The molecule has 1 aromatic carbocycles. The molecule has 0 fully saturated rings. The standard InChI is InChI=1S/C10H10BrFN2O3/c11-6-2-1-3-7(12)8(6)9(15)14-4-5-17-10(13)16/h1-3H,4-5H2,(H2,13,16)(H,14,15). The van der Waals surface area contributed by atoms with Crippen molar-refractivity contribution in [2.75, 3.05) is 13.2 Å². The lowest BCUT2D eigenvalue weighted by Crippen LogP contribution is -2.29. The molecular weight excluding hydrogens is 295 g/mol. The zero-order chi connectivity index (χ0) is 12.8. The third-order valence-electron chi connectivity index (χ3n) is 1.82. The highest BCUT2D eigenvalue weighted by molar-refractivity contribution is 9.10. The van der Waals surface area contributed by atoms with Crippen LogP contribution in [0.5, 0.6) is 0 Å². The molecule has 0 radical (unpaired) electrons. The van der Waals surface area contributed by atoms with Gasteiger partial charge < -0.3 is 15.8 Å². The Hall–Kier alpha value is -1.63. The van der Waals surface area contributed by atoms with Gasteiger partial charge in [0.1, 0.15) is 12.4 Å². The first-order valence-electron chi connectivity index (χ1n) is 4.67. The largest absolute Gasteiger partial charge is 0.448 e. The molecule has 0 aliphatic rings. The molecule has 1 aromatic rings. The number of carbonyl (C=O) groups is 2. The SMILES string of the molecule is NC(=O)OCCNC(=O)c1c(F)cccc1Br. The summed E-state index contributed by atoms with van der Waals surface area (Å²) in [7, 11) is 0. The number of amides is 2. The molecular formula is C10H10BrFN2O3. The minimum atomic E-state index is -0.925. The van der Waals surface area contributed by atoms with Crippen molar-refractivity contribution in [2.45, 2.75) is 0 Å². The van der Waals surface area contributed by atoms with Crippen LogP contribution in [-0.4, -0.2) is 25.2 Å². The van der Waals surface area contributed by atoms with Crippen LogP contribution in [-0.2, 0) is 4.74 Å². The van der Waals surface area contributed by atoms with E-state index in [0.717, 1.165) is 0 Å². The number of benzene rings is 1. The average molecular weight is 305 g/mol. The van der Waals surface area contributed by atoms with E-state index in [1.165, 1.54) is 12.1 Å². The molecule has 0 atom stereocenters. The summed E-state index contributed by atoms with van der Waals surface area (Å²) in [5, 5.41) is 2.39. The molecule has 0 bridgehead atoms. The van der Waals surface area contributed by atoms with Gasteiger partial charge in [0.2, 0.25) is 0 Å². The fourth-order valence-corrected chi connectivity index (χ4v) is 1.64. The van der Waals surface area contributed by atoms with E-state index < -0.39 is 17.8 Å². The van der Waals surface area contributed by atoms with Crippen LogP contribution in [0.1, 0.15) is 10.4 Å². The van der Waals surface area contributed by atoms with Crippen molar-refractivity contribution >= 4 is 27.9 Å². The molecule has 0 aromatic heterocycles. The second-order valence-corrected chi connectivity index (χ2v) is 3.87. The number of ether oxygens (including phenoxy) is 1. The third-order valence-corrected chi connectivity index (χ3v) is 2.48. The van der Waals surface area contributed by atoms with Crippen LogP contribution >= 0.6 is 15.9 Å². The number of carbonyl (C=O) groups excluding carboxylic acids is 2. The number of primary amides is 1. The van der Waals surface area contributed by atoms with Gasteiger partial charge in [0, 0.05) is 4.47 Å². The van der Waals surface area contributed by atoms with Gasteiger partial charge >= 0.3 is 6.09 Å². The van der Waals surface area contributed by atoms with Crippen LogP contribution in [0.25, 0.3) is 0 Å². The second kappa shape index (κ2) is 6.19. The minimum Gasteiger partial charge on any atom is -0.448 e. The maximum atomic E-state index is 13.3. The van der Waals surface area contributed by atoms with E-state index in [1.54, 1.807) is 6.07 Å². The Balaban J connectivity index is 2.55. The molecule has 0 saturated heterocycles. The molecule has 0 saturated carbocycles. The molecule has 0 unspecified atom stereocenters. The van der Waals surface area contributed by atoms with Crippen LogP contribution in [0.2, 0.25) is 0 Å². The van der Waals surface area contributed by atoms with E-state index in [9.17, 15) is 14.0 Å². The summed E-state index contributed by atoms with van der Waals surface area (Å²) >= 11 is 3.07. The van der Waals surface area contributed by atoms with Gasteiger partial charge in [0.05, 0.1) is 12.1 Å². The van der Waals surface area contributed by atoms with Crippen molar-refractivity contribution in [3.8, 4) is 0 Å². The summed E-state index contributed by atoms with van der Waals surface area (Å²) in [5.41, 5.74) is 4.64. The van der Waals surface area contributed by atoms with Crippen molar-refractivity contribution in [1.82, 2.24) is 5.32 Å². The molecule has 1 rings (SSSR count). The zero-order valence-electron chi connectivity index (χ0n) is 8.70. The smallest absolute Gasteiger partial charge is 0.404 e. The zero-order valence-corrected chi connectivity index (χ0v) is 10.3. The Kier molecular flexibility index (Phi) is 4.89. The van der Waals surface area contributed by atoms with Crippen LogP contribution in [0.3, 0.4) is 0 Å². The van der Waals surface area contributed by atoms with Crippen molar-refractivity contribution in [3.05, 3.63) is 34.1 Å². The molecule has 0 aliphatic carbocycles. The summed E-state index contributed by atoms with van der Waals surface area (Å²) < 4.78 is 18.1. The Morgan fingerprint density at radius 1 is 1.47 bits per heavy atom. The Labute approximate surface area is 105 Å². The summed E-state index contributed by atoms with van der Waals surface area (Å²) in [6.07, 6.45) is -0.925. The van der Waals surface area contributed by atoms with E-state index in [2.05, 4.69) is 26.0 Å². The van der Waals surface area contributed by atoms with Gasteiger partial charge in [-0.1, -0.05) is 6.07 Å². The second-order valence-electron chi connectivity index (χ2n) is 3.02. The van der Waals surface area contributed by atoms with Crippen LogP contribution < -0.4 is 11.1 Å². The lowest BCUT2D eigenvalue weighted by molar-refractivity contribution is 0.0932. The molecule has 3 N–H and O–H groups in total. The summed E-state index contributed by atoms with van der Waals surface area (Å²) in [4.78, 5) is 21.8. The van der Waals surface area contributed by atoms with E-state index in [0.29, 0.717) is 4.47 Å². The first-order valence-corrected chi connectivity index (χ1v) is 5.46. The number of rotatable bonds is 4. The number of nitrogens with one attached hydrogen (secondary N) is 1. The first-order chi connectivity index (χ1) is 8.02. The Bertz CT molecular complexity index is 419. The fourth-order valence-electron chi connectivity index (χ4n) is 1.12. The van der Waals surface area contributed by atoms with Crippen molar-refractivity contribution in [2.24, 2.45) is 5.73 Å². The number of hydrogen-bond donors (Lipinski definition) is 2. The fraction of sp³-hybridized carbons (Fsp3) is 0.200. The predicted molar refractivity (Wildman–Crippen MR) is 62.0 cm³/mol. The molecule has 0 heterocycles. The van der Waals surface area contributed by atoms with E-state index >= 15 is 0 Å². The Morgan fingerprint density at radius 2 is 2.18 bits per heavy atom. The number of halogens is 2. The van der Waals surface area contributed by atoms with Gasteiger partial charge in [-0.3, -0.25) is 4.79 Å². The quantitative estimate of drug-likeness (QED) is 0.825. The van der Waals surface area contributed by atoms with Gasteiger partial charge in [-0.2, -0.15) is 0 Å². The monoisotopic (exact) mass is 304 g/mol. The van der Waals surface area contributed by atoms with Gasteiger partial charge in [0.15, 0.2) is 0 Å². The molecule has 0 spiro atoms. The lowest BCUT2D eigenvalue weighted by atomic mass is 10.2. The summed E-state index contributed by atoms with van der Waals surface area (Å²) in [6, 6.07) is 4.21. The highest BCUT2D eigenvalue weighted by Gasteiger charge is 2.14. The summed E-state index contributed by atoms with van der Waals surface area (Å²) in [5.74, 6) is -1.23. The van der Waals surface area contributed by atoms with Gasteiger partial charge in [-0.15, -0.1) is 0 Å². The maximum absolute atomic E-state index is 13.3. The van der Waals surface area contributed by atoms with Gasteiger partial charge in [-0.25, -0.2) is 9.18 Å². The molecule has 7 heteroatoms. The van der Waals surface area contributed by atoms with Crippen molar-refractivity contribution < 1.29 is 18.7 Å².